The molecule has 216 valence electrons. The van der Waals surface area contributed by atoms with Crippen LogP contribution in [0.1, 0.15) is 38.3 Å². The Balaban J connectivity index is 1.65. The monoisotopic (exact) mass is 554 g/mol. The Morgan fingerprint density at radius 2 is 1.73 bits per heavy atom. The molecule has 3 aromatic rings. The fourth-order valence-corrected chi connectivity index (χ4v) is 5.23. The smallest absolute Gasteiger partial charge is 0.246 e. The molecule has 7 heteroatoms. The largest absolute Gasteiger partial charge is 0.350 e. The lowest BCUT2D eigenvalue weighted by atomic mass is 9.96. The van der Waals surface area contributed by atoms with Crippen LogP contribution in [-0.4, -0.2) is 71.8 Å². The second-order valence-corrected chi connectivity index (χ2v) is 11.7. The first kappa shape index (κ1) is 30.0. The van der Waals surface area contributed by atoms with Crippen molar-refractivity contribution in [3.05, 3.63) is 96.1 Å². The van der Waals surface area contributed by atoms with E-state index in [9.17, 15) is 14.4 Å². The number of carbonyl (C=O) groups excluding carboxylic acids is 3. The molecule has 0 saturated carbocycles. The van der Waals surface area contributed by atoms with Gasteiger partial charge in [0.25, 0.3) is 0 Å². The van der Waals surface area contributed by atoms with E-state index in [0.29, 0.717) is 25.8 Å². The van der Waals surface area contributed by atoms with E-state index in [1.165, 1.54) is 4.90 Å². The summed E-state index contributed by atoms with van der Waals surface area (Å²) in [5, 5.41) is 8.44. The summed E-state index contributed by atoms with van der Waals surface area (Å²) >= 11 is 0. The van der Waals surface area contributed by atoms with Gasteiger partial charge in [-0.05, 0) is 62.2 Å². The summed E-state index contributed by atoms with van der Waals surface area (Å²) in [5.41, 5.74) is 1.78. The standard InChI is InChI=1S/C34H42N4O3/c1-24-23-38(29(32(40)36-24)21-25-12-7-6-8-13-25)33(41)30(37(5)31(39)16-11-19-34(2,3)35-4)22-26-17-18-27-14-9-10-15-28(27)20-26/h6-18,20,24,29-30,35H,19,21-23H2,1-5H3,(H,36,40)/b16-11+/t24-,29-,30-/m1/s1. The van der Waals surface area contributed by atoms with E-state index in [0.717, 1.165) is 21.9 Å². The van der Waals surface area contributed by atoms with Crippen LogP contribution >= 0.6 is 0 Å². The van der Waals surface area contributed by atoms with Gasteiger partial charge in [-0.15, -0.1) is 0 Å². The van der Waals surface area contributed by atoms with Gasteiger partial charge in [-0.25, -0.2) is 0 Å². The Labute approximate surface area is 243 Å². The highest BCUT2D eigenvalue weighted by Crippen LogP contribution is 2.22. The zero-order valence-corrected chi connectivity index (χ0v) is 24.8. The van der Waals surface area contributed by atoms with Crippen molar-refractivity contribution in [1.29, 1.82) is 0 Å². The first-order valence-electron chi connectivity index (χ1n) is 14.3. The lowest BCUT2D eigenvalue weighted by Crippen LogP contribution is -2.64. The van der Waals surface area contributed by atoms with Gasteiger partial charge in [0, 0.05) is 38.0 Å². The molecule has 0 aromatic heterocycles. The summed E-state index contributed by atoms with van der Waals surface area (Å²) in [6.45, 7) is 6.40. The normalized spacial score (nSPS) is 18.4. The van der Waals surface area contributed by atoms with Gasteiger partial charge < -0.3 is 20.4 Å². The van der Waals surface area contributed by atoms with Crippen LogP contribution in [0.5, 0.6) is 0 Å². The van der Waals surface area contributed by atoms with Crippen LogP contribution in [0.4, 0.5) is 0 Å². The molecule has 0 bridgehead atoms. The van der Waals surface area contributed by atoms with E-state index < -0.39 is 12.1 Å². The molecule has 0 aliphatic carbocycles. The number of piperazine rings is 1. The molecule has 1 fully saturated rings. The number of hydrogen-bond acceptors (Lipinski definition) is 4. The number of likely N-dealkylation sites (N-methyl/N-ethyl adjacent to an activating group) is 1. The van der Waals surface area contributed by atoms with Crippen molar-refractivity contribution in [3.63, 3.8) is 0 Å². The fourth-order valence-electron chi connectivity index (χ4n) is 5.23. The van der Waals surface area contributed by atoms with E-state index in [2.05, 4.69) is 36.6 Å². The lowest BCUT2D eigenvalue weighted by molar-refractivity contribution is -0.150. The van der Waals surface area contributed by atoms with Crippen molar-refractivity contribution < 1.29 is 14.4 Å². The second kappa shape index (κ2) is 13.1. The van der Waals surface area contributed by atoms with E-state index in [4.69, 9.17) is 0 Å². The molecule has 4 rings (SSSR count). The molecule has 0 radical (unpaired) electrons. The molecule has 3 amide bonds. The number of hydrogen-bond donors (Lipinski definition) is 2. The van der Waals surface area contributed by atoms with Crippen LogP contribution in [0.3, 0.4) is 0 Å². The van der Waals surface area contributed by atoms with Crippen LogP contribution in [0.25, 0.3) is 10.8 Å². The van der Waals surface area contributed by atoms with E-state index in [1.807, 2.05) is 80.7 Å². The number of nitrogens with one attached hydrogen (secondary N) is 2. The van der Waals surface area contributed by atoms with Gasteiger partial charge >= 0.3 is 0 Å². The number of amides is 3. The number of benzene rings is 3. The number of nitrogens with zero attached hydrogens (tertiary/aromatic N) is 2. The van der Waals surface area contributed by atoms with Gasteiger partial charge in [0.15, 0.2) is 0 Å². The van der Waals surface area contributed by atoms with Gasteiger partial charge in [-0.1, -0.05) is 78.9 Å². The molecule has 41 heavy (non-hydrogen) atoms. The predicted octanol–water partition coefficient (Wildman–Crippen LogP) is 4.11. The van der Waals surface area contributed by atoms with Crippen LogP contribution in [0, 0.1) is 0 Å². The molecule has 1 saturated heterocycles. The molecule has 7 nitrogen and oxygen atoms in total. The van der Waals surface area contributed by atoms with Gasteiger partial charge in [-0.3, -0.25) is 14.4 Å². The summed E-state index contributed by atoms with van der Waals surface area (Å²) in [6, 6.07) is 22.3. The van der Waals surface area contributed by atoms with E-state index >= 15 is 0 Å². The topological polar surface area (TPSA) is 81.8 Å². The molecule has 1 heterocycles. The quantitative estimate of drug-likeness (QED) is 0.370. The maximum atomic E-state index is 14.4. The third-order valence-corrected chi connectivity index (χ3v) is 8.00. The Kier molecular flexibility index (Phi) is 9.61. The van der Waals surface area contributed by atoms with Crippen molar-refractivity contribution in [1.82, 2.24) is 20.4 Å². The predicted molar refractivity (Wildman–Crippen MR) is 164 cm³/mol. The van der Waals surface area contributed by atoms with Crippen LogP contribution in [0.15, 0.2) is 84.9 Å². The highest BCUT2D eigenvalue weighted by molar-refractivity contribution is 5.96. The average molecular weight is 555 g/mol. The molecule has 1 aliphatic heterocycles. The van der Waals surface area contributed by atoms with Gasteiger partial charge in [0.2, 0.25) is 17.7 Å². The molecule has 3 aromatic carbocycles. The zero-order valence-electron chi connectivity index (χ0n) is 24.8. The summed E-state index contributed by atoms with van der Waals surface area (Å²) in [7, 11) is 3.57. The Hall–Kier alpha value is -3.97. The van der Waals surface area contributed by atoms with Gasteiger partial charge in [0.05, 0.1) is 0 Å². The van der Waals surface area contributed by atoms with Crippen LogP contribution in [-0.2, 0) is 27.2 Å². The van der Waals surface area contributed by atoms with Gasteiger partial charge in [-0.2, -0.15) is 0 Å². The maximum Gasteiger partial charge on any atom is 0.246 e. The van der Waals surface area contributed by atoms with E-state index in [1.54, 1.807) is 18.0 Å². The van der Waals surface area contributed by atoms with Gasteiger partial charge in [0.1, 0.15) is 12.1 Å². The first-order valence-corrected chi connectivity index (χ1v) is 14.3. The molecular weight excluding hydrogens is 512 g/mol. The number of carbonyl (C=O) groups is 3. The summed E-state index contributed by atoms with van der Waals surface area (Å²) in [6.07, 6.45) is 4.81. The SMILES string of the molecule is CNC(C)(C)C/C=C/C(=O)N(C)[C@H](Cc1ccc2ccccc2c1)C(=O)N1C[C@@H](C)NC(=O)[C@H]1Cc1ccccc1. The summed E-state index contributed by atoms with van der Waals surface area (Å²) in [4.78, 5) is 44.2. The maximum absolute atomic E-state index is 14.4. The minimum Gasteiger partial charge on any atom is -0.350 e. The highest BCUT2D eigenvalue weighted by atomic mass is 16.2. The van der Waals surface area contributed by atoms with Crippen LogP contribution in [0.2, 0.25) is 0 Å². The Morgan fingerprint density at radius 3 is 2.44 bits per heavy atom. The van der Waals surface area contributed by atoms with E-state index in [-0.39, 0.29) is 29.3 Å². The van der Waals surface area contributed by atoms with Crippen molar-refractivity contribution >= 4 is 28.5 Å². The minimum atomic E-state index is -0.776. The van der Waals surface area contributed by atoms with Crippen molar-refractivity contribution in [2.24, 2.45) is 0 Å². The molecule has 0 unspecified atom stereocenters. The Bertz CT molecular complexity index is 1400. The molecular formula is C34H42N4O3. The average Bonchev–Trinajstić information content (AvgIpc) is 2.96. The fraction of sp³-hybridized carbons (Fsp3) is 0.382. The second-order valence-electron chi connectivity index (χ2n) is 11.7. The number of rotatable bonds is 10. The first-order chi connectivity index (χ1) is 19.6. The zero-order chi connectivity index (χ0) is 29.6. The highest BCUT2D eigenvalue weighted by Gasteiger charge is 2.40. The molecule has 0 spiro atoms. The lowest BCUT2D eigenvalue weighted by Gasteiger charge is -2.41. The van der Waals surface area contributed by atoms with Crippen molar-refractivity contribution in [2.75, 3.05) is 20.6 Å². The summed E-state index contributed by atoms with van der Waals surface area (Å²) < 4.78 is 0. The molecule has 2 N–H and O–H groups in total. The molecule has 1 aliphatic rings. The third kappa shape index (κ3) is 7.61. The van der Waals surface area contributed by atoms with Crippen molar-refractivity contribution in [3.8, 4) is 0 Å². The minimum absolute atomic E-state index is 0.155. The summed E-state index contributed by atoms with van der Waals surface area (Å²) in [5.74, 6) is -0.640. The Morgan fingerprint density at radius 1 is 1.05 bits per heavy atom. The third-order valence-electron chi connectivity index (χ3n) is 8.00. The molecule has 3 atom stereocenters. The van der Waals surface area contributed by atoms with Crippen LogP contribution < -0.4 is 10.6 Å². The number of fused-ring (bicyclic) bond motifs is 1. The van der Waals surface area contributed by atoms with Crippen molar-refractivity contribution in [2.45, 2.75) is 63.7 Å².